The molecular weight excluding hydrogens is 440 g/mol. The minimum Gasteiger partial charge on any atom is -0.494 e. The molecule has 9 heteroatoms. The number of sulfonamides is 1. The van der Waals surface area contributed by atoms with Crippen molar-refractivity contribution in [2.75, 3.05) is 11.8 Å². The molecule has 0 saturated carbocycles. The summed E-state index contributed by atoms with van der Waals surface area (Å²) in [6.07, 6.45) is 5.91. The quantitative estimate of drug-likeness (QED) is 0.405. The highest BCUT2D eigenvalue weighted by molar-refractivity contribution is 7.92. The van der Waals surface area contributed by atoms with Crippen molar-refractivity contribution in [2.24, 2.45) is 0 Å². The fourth-order valence-electron chi connectivity index (χ4n) is 3.28. The smallest absolute Gasteiger partial charge is 0.267 e. The zero-order chi connectivity index (χ0) is 23.4. The molecule has 4 aromatic rings. The molecule has 0 radical (unpaired) electrons. The Morgan fingerprint density at radius 3 is 2.52 bits per heavy atom. The second-order valence-electron chi connectivity index (χ2n) is 7.32. The zero-order valence-electron chi connectivity index (χ0n) is 18.5. The lowest BCUT2D eigenvalue weighted by Gasteiger charge is -2.14. The summed E-state index contributed by atoms with van der Waals surface area (Å²) < 4.78 is 42.0. The maximum atomic E-state index is 13.2. The maximum absolute atomic E-state index is 13.2. The van der Waals surface area contributed by atoms with Crippen LogP contribution in [0.2, 0.25) is 0 Å². The van der Waals surface area contributed by atoms with Crippen molar-refractivity contribution in [3.8, 4) is 23.1 Å². The van der Waals surface area contributed by atoms with Gasteiger partial charge in [-0.25, -0.2) is 18.4 Å². The SMILES string of the molecule is CCc1ccc(Oc2ncccc2S(=O)(=O)Nc2ccc(-n3cnc(C)c3)c(OC)c2)cc1. The van der Waals surface area contributed by atoms with Gasteiger partial charge in [0.1, 0.15) is 16.4 Å². The maximum Gasteiger partial charge on any atom is 0.267 e. The number of pyridine rings is 1. The lowest BCUT2D eigenvalue weighted by Crippen LogP contribution is -2.14. The fourth-order valence-corrected chi connectivity index (χ4v) is 4.41. The van der Waals surface area contributed by atoms with Gasteiger partial charge in [0.25, 0.3) is 10.0 Å². The minimum atomic E-state index is -3.99. The summed E-state index contributed by atoms with van der Waals surface area (Å²) in [5, 5.41) is 0. The van der Waals surface area contributed by atoms with E-state index in [0.29, 0.717) is 17.2 Å². The van der Waals surface area contributed by atoms with Gasteiger partial charge >= 0.3 is 0 Å². The first-order chi connectivity index (χ1) is 15.9. The Morgan fingerprint density at radius 2 is 1.85 bits per heavy atom. The Morgan fingerprint density at radius 1 is 1.06 bits per heavy atom. The molecule has 2 aromatic carbocycles. The van der Waals surface area contributed by atoms with E-state index >= 15 is 0 Å². The topological polar surface area (TPSA) is 95.3 Å². The molecule has 0 spiro atoms. The third-order valence-electron chi connectivity index (χ3n) is 4.99. The van der Waals surface area contributed by atoms with Crippen LogP contribution in [0.5, 0.6) is 17.4 Å². The Balaban J connectivity index is 1.61. The number of methoxy groups -OCH3 is 1. The van der Waals surface area contributed by atoms with Crippen molar-refractivity contribution in [1.82, 2.24) is 14.5 Å². The van der Waals surface area contributed by atoms with Crippen LogP contribution in [-0.4, -0.2) is 30.1 Å². The molecule has 0 bridgehead atoms. The number of hydrogen-bond donors (Lipinski definition) is 1. The summed E-state index contributed by atoms with van der Waals surface area (Å²) in [4.78, 5) is 8.29. The fraction of sp³-hybridized carbons (Fsp3) is 0.167. The van der Waals surface area contributed by atoms with Gasteiger partial charge in [0.15, 0.2) is 0 Å². The van der Waals surface area contributed by atoms with Crippen molar-refractivity contribution in [3.05, 3.63) is 84.6 Å². The van der Waals surface area contributed by atoms with Gasteiger partial charge in [0.05, 0.1) is 30.5 Å². The molecular formula is C24H24N4O4S. The van der Waals surface area contributed by atoms with E-state index in [0.717, 1.165) is 23.4 Å². The molecule has 33 heavy (non-hydrogen) atoms. The largest absolute Gasteiger partial charge is 0.494 e. The minimum absolute atomic E-state index is 0.00766. The number of aromatic nitrogens is 3. The summed E-state index contributed by atoms with van der Waals surface area (Å²) >= 11 is 0. The van der Waals surface area contributed by atoms with Crippen LogP contribution in [0.15, 0.2) is 78.2 Å². The van der Waals surface area contributed by atoms with Crippen molar-refractivity contribution < 1.29 is 17.9 Å². The van der Waals surface area contributed by atoms with Gasteiger partial charge in [0.2, 0.25) is 5.88 Å². The summed E-state index contributed by atoms with van der Waals surface area (Å²) in [7, 11) is -2.46. The van der Waals surface area contributed by atoms with Gasteiger partial charge < -0.3 is 14.0 Å². The Bertz CT molecular complexity index is 1370. The highest BCUT2D eigenvalue weighted by atomic mass is 32.2. The van der Waals surface area contributed by atoms with E-state index in [4.69, 9.17) is 9.47 Å². The second kappa shape index (κ2) is 9.33. The number of ether oxygens (including phenoxy) is 2. The number of imidazole rings is 1. The van der Waals surface area contributed by atoms with E-state index in [1.807, 2.05) is 29.8 Å². The van der Waals surface area contributed by atoms with Crippen molar-refractivity contribution in [3.63, 3.8) is 0 Å². The predicted octanol–water partition coefficient (Wildman–Crippen LogP) is 4.74. The summed E-state index contributed by atoms with van der Waals surface area (Å²) in [6.45, 7) is 3.94. The molecule has 0 atom stereocenters. The van der Waals surface area contributed by atoms with Crippen molar-refractivity contribution in [1.29, 1.82) is 0 Å². The molecule has 1 N–H and O–H groups in total. The van der Waals surface area contributed by atoms with Gasteiger partial charge in [-0.15, -0.1) is 0 Å². The molecule has 4 rings (SSSR count). The number of anilines is 1. The lowest BCUT2D eigenvalue weighted by atomic mass is 10.2. The second-order valence-corrected chi connectivity index (χ2v) is 8.97. The summed E-state index contributed by atoms with van der Waals surface area (Å²) in [5.74, 6) is 0.988. The Kier molecular flexibility index (Phi) is 6.32. The molecule has 0 fully saturated rings. The van der Waals surface area contributed by atoms with E-state index in [1.165, 1.54) is 19.4 Å². The van der Waals surface area contributed by atoms with Gasteiger partial charge in [-0.1, -0.05) is 19.1 Å². The van der Waals surface area contributed by atoms with E-state index in [2.05, 4.69) is 21.6 Å². The van der Waals surface area contributed by atoms with Gasteiger partial charge in [-0.2, -0.15) is 0 Å². The normalized spacial score (nSPS) is 11.2. The molecule has 170 valence electrons. The number of rotatable bonds is 8. The third kappa shape index (κ3) is 4.98. The van der Waals surface area contributed by atoms with Crippen molar-refractivity contribution >= 4 is 15.7 Å². The molecule has 0 saturated heterocycles. The van der Waals surface area contributed by atoms with Crippen LogP contribution >= 0.6 is 0 Å². The molecule has 0 aliphatic carbocycles. The van der Waals surface area contributed by atoms with E-state index in [-0.39, 0.29) is 10.8 Å². The highest BCUT2D eigenvalue weighted by Gasteiger charge is 2.22. The molecule has 0 amide bonds. The van der Waals surface area contributed by atoms with Gasteiger partial charge in [-0.05, 0) is 55.3 Å². The number of hydrogen-bond acceptors (Lipinski definition) is 6. The monoisotopic (exact) mass is 464 g/mol. The van der Waals surface area contributed by atoms with E-state index in [9.17, 15) is 8.42 Å². The van der Waals surface area contributed by atoms with Crippen LogP contribution in [0.3, 0.4) is 0 Å². The van der Waals surface area contributed by atoms with Crippen LogP contribution in [0.1, 0.15) is 18.2 Å². The van der Waals surface area contributed by atoms with Crippen LogP contribution in [0, 0.1) is 6.92 Å². The highest BCUT2D eigenvalue weighted by Crippen LogP contribution is 2.31. The molecule has 2 heterocycles. The average molecular weight is 465 g/mol. The first-order valence-corrected chi connectivity index (χ1v) is 11.8. The molecule has 0 aliphatic rings. The van der Waals surface area contributed by atoms with Gasteiger partial charge in [0, 0.05) is 18.5 Å². The number of nitrogens with zero attached hydrogens (tertiary/aromatic N) is 3. The van der Waals surface area contributed by atoms with Crippen LogP contribution < -0.4 is 14.2 Å². The zero-order valence-corrected chi connectivity index (χ0v) is 19.3. The van der Waals surface area contributed by atoms with Crippen LogP contribution in [-0.2, 0) is 16.4 Å². The van der Waals surface area contributed by atoms with Crippen LogP contribution in [0.25, 0.3) is 5.69 Å². The molecule has 0 aliphatic heterocycles. The van der Waals surface area contributed by atoms with Crippen LogP contribution in [0.4, 0.5) is 5.69 Å². The number of nitrogens with one attached hydrogen (secondary N) is 1. The lowest BCUT2D eigenvalue weighted by molar-refractivity contribution is 0.413. The molecule has 0 unspecified atom stereocenters. The Hall–Kier alpha value is -3.85. The summed E-state index contributed by atoms with van der Waals surface area (Å²) in [6, 6.07) is 15.5. The van der Waals surface area contributed by atoms with Gasteiger partial charge in [-0.3, -0.25) is 4.72 Å². The molecule has 8 nitrogen and oxygen atoms in total. The molecule has 2 aromatic heterocycles. The predicted molar refractivity (Wildman–Crippen MR) is 126 cm³/mol. The first-order valence-electron chi connectivity index (χ1n) is 10.3. The first kappa shape index (κ1) is 22.3. The van der Waals surface area contributed by atoms with E-state index in [1.54, 1.807) is 42.7 Å². The standard InChI is InChI=1S/C24H24N4O4S/c1-4-18-7-10-20(11-8-18)32-24-23(6-5-13-25-24)33(29,30)27-19-9-12-21(22(14-19)31-3)28-15-17(2)26-16-28/h5-16,27H,4H2,1-3H3. The summed E-state index contributed by atoms with van der Waals surface area (Å²) in [5.41, 5.74) is 3.09. The number of aryl methyl sites for hydroxylation is 2. The third-order valence-corrected chi connectivity index (χ3v) is 6.39. The van der Waals surface area contributed by atoms with E-state index < -0.39 is 10.0 Å². The Labute approximate surface area is 192 Å². The average Bonchev–Trinajstić information content (AvgIpc) is 3.25. The van der Waals surface area contributed by atoms with Crippen molar-refractivity contribution in [2.45, 2.75) is 25.2 Å². The number of benzene rings is 2.